The van der Waals surface area contributed by atoms with Gasteiger partial charge in [-0.05, 0) is 52.9 Å². The van der Waals surface area contributed by atoms with E-state index >= 15 is 0 Å². The van der Waals surface area contributed by atoms with Crippen molar-refractivity contribution in [3.8, 4) is 22.8 Å². The number of hydrogen-bond donors (Lipinski definition) is 1. The van der Waals surface area contributed by atoms with Crippen molar-refractivity contribution in [3.05, 3.63) is 90.1 Å². The molecule has 3 aromatic carbocycles. The number of hydrogen-bond acceptors (Lipinski definition) is 4. The summed E-state index contributed by atoms with van der Waals surface area (Å²) in [5.74, 6) is 0.560. The van der Waals surface area contributed by atoms with Crippen LogP contribution in [0.2, 0.25) is 0 Å². The van der Waals surface area contributed by atoms with E-state index in [2.05, 4.69) is 29.2 Å². The van der Waals surface area contributed by atoms with Crippen LogP contribution in [-0.2, 0) is 6.42 Å². The predicted molar refractivity (Wildman–Crippen MR) is 127 cm³/mol. The molecular weight excluding hydrogens is 441 g/mol. The smallest absolute Gasteiger partial charge is 0.422 e. The minimum absolute atomic E-state index is 0.0859. The molecule has 0 aliphatic heterocycles. The number of fused-ring (bicyclic) bond motifs is 1. The molecule has 0 spiro atoms. The molecule has 0 amide bonds. The van der Waals surface area contributed by atoms with Gasteiger partial charge in [-0.2, -0.15) is 13.2 Å². The molecule has 1 aromatic heterocycles. The van der Waals surface area contributed by atoms with E-state index in [4.69, 9.17) is 15.2 Å². The first-order valence-electron chi connectivity index (χ1n) is 10.9. The molecule has 1 atom stereocenters. The van der Waals surface area contributed by atoms with Crippen LogP contribution in [0, 0.1) is 0 Å². The van der Waals surface area contributed by atoms with Crippen LogP contribution >= 0.6 is 0 Å². The lowest BCUT2D eigenvalue weighted by molar-refractivity contribution is -0.154. The van der Waals surface area contributed by atoms with E-state index in [0.29, 0.717) is 5.75 Å². The van der Waals surface area contributed by atoms with Crippen molar-refractivity contribution in [3.63, 3.8) is 0 Å². The number of ether oxygens (including phenoxy) is 2. The predicted octanol–water partition coefficient (Wildman–Crippen LogP) is 6.48. The van der Waals surface area contributed by atoms with Crippen LogP contribution in [0.25, 0.3) is 21.9 Å². The van der Waals surface area contributed by atoms with E-state index in [-0.39, 0.29) is 11.9 Å². The molecule has 2 N–H and O–H groups in total. The van der Waals surface area contributed by atoms with E-state index in [9.17, 15) is 13.2 Å². The van der Waals surface area contributed by atoms with Crippen LogP contribution in [0.15, 0.2) is 79.0 Å². The zero-order valence-electron chi connectivity index (χ0n) is 18.7. The molecule has 0 saturated heterocycles. The van der Waals surface area contributed by atoms with Gasteiger partial charge in [0.05, 0.1) is 7.11 Å². The van der Waals surface area contributed by atoms with E-state index in [1.807, 2.05) is 36.4 Å². The molecule has 4 rings (SSSR count). The molecule has 7 heteroatoms. The first-order valence-corrected chi connectivity index (χ1v) is 10.9. The van der Waals surface area contributed by atoms with E-state index in [1.54, 1.807) is 13.2 Å². The van der Waals surface area contributed by atoms with Crippen LogP contribution in [0.3, 0.4) is 0 Å². The Balaban J connectivity index is 1.50. The second-order valence-electron chi connectivity index (χ2n) is 8.04. The molecule has 0 aliphatic carbocycles. The number of methoxy groups -OCH3 is 1. The van der Waals surface area contributed by atoms with Gasteiger partial charge in [0, 0.05) is 29.4 Å². The maximum Gasteiger partial charge on any atom is 0.422 e. The third-order valence-corrected chi connectivity index (χ3v) is 5.66. The summed E-state index contributed by atoms with van der Waals surface area (Å²) in [6.45, 7) is -1.38. The molecule has 0 bridgehead atoms. The minimum atomic E-state index is -4.41. The van der Waals surface area contributed by atoms with Crippen molar-refractivity contribution in [2.24, 2.45) is 5.73 Å². The van der Waals surface area contributed by atoms with Gasteiger partial charge in [0.15, 0.2) is 6.61 Å². The van der Waals surface area contributed by atoms with Crippen molar-refractivity contribution >= 4 is 10.8 Å². The maximum absolute atomic E-state index is 12.4. The zero-order chi connectivity index (χ0) is 24.1. The first-order chi connectivity index (χ1) is 16.3. The summed E-state index contributed by atoms with van der Waals surface area (Å²) in [6.07, 6.45) is -1.43. The van der Waals surface area contributed by atoms with Crippen molar-refractivity contribution in [2.45, 2.75) is 25.1 Å². The van der Waals surface area contributed by atoms with Gasteiger partial charge in [-0.25, -0.2) is 4.98 Å². The lowest BCUT2D eigenvalue weighted by Crippen LogP contribution is -2.19. The van der Waals surface area contributed by atoms with Crippen LogP contribution in [0.5, 0.6) is 11.6 Å². The number of nitrogens with two attached hydrogens (primary N) is 1. The second-order valence-corrected chi connectivity index (χ2v) is 8.04. The average Bonchev–Trinajstić information content (AvgIpc) is 2.85. The fourth-order valence-electron chi connectivity index (χ4n) is 3.97. The zero-order valence-corrected chi connectivity index (χ0v) is 18.7. The number of alkyl halides is 3. The van der Waals surface area contributed by atoms with E-state index in [1.165, 1.54) is 12.3 Å². The average molecular weight is 467 g/mol. The summed E-state index contributed by atoms with van der Waals surface area (Å²) in [7, 11) is 1.57. The van der Waals surface area contributed by atoms with Crippen LogP contribution in [0.4, 0.5) is 13.2 Å². The summed E-state index contributed by atoms with van der Waals surface area (Å²) in [5.41, 5.74) is 10.3. The lowest BCUT2D eigenvalue weighted by Gasteiger charge is -2.16. The summed E-state index contributed by atoms with van der Waals surface area (Å²) in [4.78, 5) is 4.01. The van der Waals surface area contributed by atoms with Crippen molar-refractivity contribution in [2.75, 3.05) is 13.7 Å². The lowest BCUT2D eigenvalue weighted by atomic mass is 9.94. The van der Waals surface area contributed by atoms with Crippen LogP contribution in [-0.4, -0.2) is 24.9 Å². The van der Waals surface area contributed by atoms with Gasteiger partial charge in [0.2, 0.25) is 5.88 Å². The van der Waals surface area contributed by atoms with Gasteiger partial charge >= 0.3 is 6.18 Å². The number of nitrogens with zero attached hydrogens (tertiary/aromatic N) is 1. The molecular formula is C27H25F3N2O2. The first kappa shape index (κ1) is 23.6. The molecule has 0 fully saturated rings. The molecule has 1 heterocycles. The summed E-state index contributed by atoms with van der Waals surface area (Å²) >= 11 is 0. The number of pyridine rings is 1. The number of halogens is 3. The molecule has 1 unspecified atom stereocenters. The molecule has 0 radical (unpaired) electrons. The number of aryl methyl sites for hydroxylation is 1. The monoisotopic (exact) mass is 466 g/mol. The molecule has 176 valence electrons. The van der Waals surface area contributed by atoms with Gasteiger partial charge in [-0.15, -0.1) is 0 Å². The summed E-state index contributed by atoms with van der Waals surface area (Å²) < 4.78 is 47.3. The Morgan fingerprint density at radius 1 is 0.971 bits per heavy atom. The van der Waals surface area contributed by atoms with Gasteiger partial charge in [0.1, 0.15) is 5.75 Å². The quantitative estimate of drug-likeness (QED) is 0.323. The third kappa shape index (κ3) is 5.66. The topological polar surface area (TPSA) is 57.4 Å². The summed E-state index contributed by atoms with van der Waals surface area (Å²) in [5, 5.41) is 2.32. The highest BCUT2D eigenvalue weighted by molar-refractivity contribution is 5.86. The maximum atomic E-state index is 12.4. The summed E-state index contributed by atoms with van der Waals surface area (Å²) in [6, 6.07) is 23.2. The largest absolute Gasteiger partial charge is 0.496 e. The van der Waals surface area contributed by atoms with Gasteiger partial charge in [0.25, 0.3) is 0 Å². The standard InChI is InChI=1S/C27H25F3N2O2/c1-33-25-13-10-18(9-12-24(31)22-8-4-6-19-5-2-3-7-21(19)22)15-23(25)20-11-14-26(32-16-20)34-17-27(28,29)30/h2-8,10-11,13-16,24H,9,12,17,31H2,1H3. The molecule has 0 saturated carbocycles. The van der Waals surface area contributed by atoms with Gasteiger partial charge in [-0.1, -0.05) is 48.5 Å². The van der Waals surface area contributed by atoms with E-state index in [0.717, 1.165) is 45.9 Å². The highest BCUT2D eigenvalue weighted by Gasteiger charge is 2.28. The Kier molecular flexibility index (Phi) is 7.03. The molecule has 0 aliphatic rings. The van der Waals surface area contributed by atoms with Crippen molar-refractivity contribution in [1.82, 2.24) is 4.98 Å². The number of rotatable bonds is 8. The van der Waals surface area contributed by atoms with Gasteiger partial charge < -0.3 is 15.2 Å². The molecule has 4 aromatic rings. The normalized spacial score (nSPS) is 12.5. The number of aromatic nitrogens is 1. The fraction of sp³-hybridized carbons (Fsp3) is 0.222. The Morgan fingerprint density at radius 3 is 2.50 bits per heavy atom. The second kappa shape index (κ2) is 10.1. The van der Waals surface area contributed by atoms with Crippen molar-refractivity contribution < 1.29 is 22.6 Å². The minimum Gasteiger partial charge on any atom is -0.496 e. The van der Waals surface area contributed by atoms with Gasteiger partial charge in [-0.3, -0.25) is 0 Å². The van der Waals surface area contributed by atoms with Crippen molar-refractivity contribution in [1.29, 1.82) is 0 Å². The van der Waals surface area contributed by atoms with E-state index < -0.39 is 12.8 Å². The Morgan fingerprint density at radius 2 is 1.76 bits per heavy atom. The molecule has 34 heavy (non-hydrogen) atoms. The fourth-order valence-corrected chi connectivity index (χ4v) is 3.97. The highest BCUT2D eigenvalue weighted by Crippen LogP contribution is 2.33. The highest BCUT2D eigenvalue weighted by atomic mass is 19.4. The Labute approximate surface area is 196 Å². The van der Waals surface area contributed by atoms with Crippen LogP contribution in [0.1, 0.15) is 23.6 Å². The number of benzene rings is 3. The Bertz CT molecular complexity index is 1250. The molecule has 4 nitrogen and oxygen atoms in total. The van der Waals surface area contributed by atoms with Crippen LogP contribution < -0.4 is 15.2 Å². The third-order valence-electron chi connectivity index (χ3n) is 5.66. The Hall–Kier alpha value is -3.58. The SMILES string of the molecule is COc1ccc(CCC(N)c2cccc3ccccc23)cc1-c1ccc(OCC(F)(F)F)nc1.